The van der Waals surface area contributed by atoms with Gasteiger partial charge in [0.05, 0.1) is 6.61 Å². The molecule has 0 saturated heterocycles. The van der Waals surface area contributed by atoms with Gasteiger partial charge in [-0.05, 0) is 18.6 Å². The van der Waals surface area contributed by atoms with E-state index < -0.39 is 0 Å². The summed E-state index contributed by atoms with van der Waals surface area (Å²) in [6, 6.07) is 3.32. The molecule has 1 aromatic rings. The molecule has 0 aliphatic carbocycles. The molecule has 0 amide bonds. The molecule has 0 aliphatic rings. The molecule has 0 unspecified atom stereocenters. The molecule has 0 aliphatic heterocycles. The van der Waals surface area contributed by atoms with E-state index in [4.69, 9.17) is 17.5 Å². The Balaban J connectivity index is 2.96. The van der Waals surface area contributed by atoms with E-state index in [1.54, 1.807) is 19.1 Å². The van der Waals surface area contributed by atoms with Crippen molar-refractivity contribution in [3.8, 4) is 0 Å². The Kier molecular flexibility index (Phi) is 3.66. The molecule has 13 heavy (non-hydrogen) atoms. The molecular weight excluding hydrogens is 193 g/mol. The minimum atomic E-state index is -0.274. The molecule has 0 heterocycles. The van der Waals surface area contributed by atoms with Crippen molar-refractivity contribution in [1.82, 2.24) is 0 Å². The van der Waals surface area contributed by atoms with Crippen LogP contribution in [-0.4, -0.2) is 6.61 Å². The van der Waals surface area contributed by atoms with Gasteiger partial charge < -0.3 is 4.84 Å². The predicted octanol–water partition coefficient (Wildman–Crippen LogP) is 2.22. The summed E-state index contributed by atoms with van der Waals surface area (Å²) in [7, 11) is 0. The van der Waals surface area contributed by atoms with E-state index in [-0.39, 0.29) is 12.4 Å². The second kappa shape index (κ2) is 4.56. The van der Waals surface area contributed by atoms with Crippen LogP contribution in [0.3, 0.4) is 0 Å². The van der Waals surface area contributed by atoms with E-state index in [0.29, 0.717) is 22.6 Å². The summed E-state index contributed by atoms with van der Waals surface area (Å²) in [5.74, 6) is 4.58. The van der Waals surface area contributed by atoms with Crippen molar-refractivity contribution in [2.75, 3.05) is 6.61 Å². The molecule has 72 valence electrons. The van der Waals surface area contributed by atoms with Crippen LogP contribution in [0.1, 0.15) is 11.1 Å². The number of rotatable bonds is 3. The molecule has 1 rings (SSSR count). The van der Waals surface area contributed by atoms with Gasteiger partial charge in [-0.2, -0.15) is 0 Å². The number of benzene rings is 1. The van der Waals surface area contributed by atoms with E-state index in [9.17, 15) is 4.39 Å². The number of halogens is 2. The lowest BCUT2D eigenvalue weighted by atomic mass is 10.1. The zero-order valence-electron chi connectivity index (χ0n) is 7.31. The summed E-state index contributed by atoms with van der Waals surface area (Å²) >= 11 is 5.80. The van der Waals surface area contributed by atoms with E-state index in [1.165, 1.54) is 0 Å². The van der Waals surface area contributed by atoms with Crippen LogP contribution >= 0.6 is 11.6 Å². The maximum Gasteiger partial charge on any atom is 0.130 e. The largest absolute Gasteiger partial charge is 0.304 e. The summed E-state index contributed by atoms with van der Waals surface area (Å²) < 4.78 is 13.4. The minimum absolute atomic E-state index is 0.264. The molecule has 0 spiro atoms. The maximum absolute atomic E-state index is 13.4. The molecule has 0 saturated carbocycles. The minimum Gasteiger partial charge on any atom is -0.304 e. The van der Waals surface area contributed by atoms with Crippen LogP contribution < -0.4 is 5.90 Å². The summed E-state index contributed by atoms with van der Waals surface area (Å²) in [6.45, 7) is 1.96. The third kappa shape index (κ3) is 2.40. The molecular formula is C9H11ClFNO. The van der Waals surface area contributed by atoms with Crippen LogP contribution in [0.25, 0.3) is 0 Å². The molecule has 0 aromatic heterocycles. The molecule has 2 nitrogen and oxygen atoms in total. The molecule has 2 N–H and O–H groups in total. The van der Waals surface area contributed by atoms with Crippen LogP contribution in [0.4, 0.5) is 4.39 Å². The summed E-state index contributed by atoms with van der Waals surface area (Å²) in [5, 5.41) is 0.417. The molecule has 0 fully saturated rings. The SMILES string of the molecule is Cc1ccc(Cl)c(CCON)c1F. The van der Waals surface area contributed by atoms with Crippen molar-refractivity contribution in [3.63, 3.8) is 0 Å². The third-order valence-corrected chi connectivity index (χ3v) is 2.20. The van der Waals surface area contributed by atoms with Crippen molar-refractivity contribution in [1.29, 1.82) is 0 Å². The number of aryl methyl sites for hydroxylation is 1. The Morgan fingerprint density at radius 3 is 2.85 bits per heavy atom. The van der Waals surface area contributed by atoms with Gasteiger partial charge in [0.1, 0.15) is 5.82 Å². The van der Waals surface area contributed by atoms with Crippen molar-refractivity contribution in [3.05, 3.63) is 34.1 Å². The number of hydrogen-bond acceptors (Lipinski definition) is 2. The average molecular weight is 204 g/mol. The summed E-state index contributed by atoms with van der Waals surface area (Å²) in [5.41, 5.74) is 1.04. The third-order valence-electron chi connectivity index (χ3n) is 1.85. The highest BCUT2D eigenvalue weighted by Gasteiger charge is 2.09. The number of hydrogen-bond donors (Lipinski definition) is 1. The summed E-state index contributed by atoms with van der Waals surface area (Å²) in [6.07, 6.45) is 0.392. The standard InChI is InChI=1S/C9H11ClFNO/c1-6-2-3-8(10)7(9(6)11)4-5-13-12/h2-3H,4-5,12H2,1H3. The smallest absolute Gasteiger partial charge is 0.130 e. The average Bonchev–Trinajstić information content (AvgIpc) is 2.12. The van der Waals surface area contributed by atoms with Gasteiger partial charge in [-0.25, -0.2) is 10.3 Å². The zero-order chi connectivity index (χ0) is 9.84. The van der Waals surface area contributed by atoms with Crippen LogP contribution in [0.5, 0.6) is 0 Å². The molecule has 0 radical (unpaired) electrons. The van der Waals surface area contributed by atoms with Gasteiger partial charge >= 0.3 is 0 Å². The van der Waals surface area contributed by atoms with Gasteiger partial charge in [-0.3, -0.25) is 0 Å². The van der Waals surface area contributed by atoms with Crippen molar-refractivity contribution < 1.29 is 9.23 Å². The highest BCUT2D eigenvalue weighted by molar-refractivity contribution is 6.31. The van der Waals surface area contributed by atoms with Crippen LogP contribution in [0, 0.1) is 12.7 Å². The van der Waals surface area contributed by atoms with Crippen LogP contribution in [0.15, 0.2) is 12.1 Å². The van der Waals surface area contributed by atoms with Crippen molar-refractivity contribution in [2.24, 2.45) is 5.90 Å². The van der Waals surface area contributed by atoms with Gasteiger partial charge in [0.25, 0.3) is 0 Å². The second-order valence-electron chi connectivity index (χ2n) is 2.78. The fourth-order valence-electron chi connectivity index (χ4n) is 1.10. The molecule has 1 aromatic carbocycles. The fraction of sp³-hybridized carbons (Fsp3) is 0.333. The normalized spacial score (nSPS) is 10.5. The highest BCUT2D eigenvalue weighted by Crippen LogP contribution is 2.22. The second-order valence-corrected chi connectivity index (χ2v) is 3.18. The van der Waals surface area contributed by atoms with Gasteiger partial charge in [0.15, 0.2) is 0 Å². The van der Waals surface area contributed by atoms with Gasteiger partial charge in [-0.15, -0.1) is 0 Å². The van der Waals surface area contributed by atoms with E-state index in [0.717, 1.165) is 0 Å². The monoisotopic (exact) mass is 203 g/mol. The lowest BCUT2D eigenvalue weighted by molar-refractivity contribution is 0.140. The molecule has 0 atom stereocenters. The predicted molar refractivity (Wildman–Crippen MR) is 50.0 cm³/mol. The Bertz CT molecular complexity index is 304. The summed E-state index contributed by atoms with van der Waals surface area (Å²) in [4.78, 5) is 4.37. The van der Waals surface area contributed by atoms with Crippen LogP contribution in [0.2, 0.25) is 5.02 Å². The molecule has 0 bridgehead atoms. The number of nitrogens with two attached hydrogens (primary N) is 1. The van der Waals surface area contributed by atoms with Gasteiger partial charge in [0, 0.05) is 17.0 Å². The Hall–Kier alpha value is -0.640. The zero-order valence-corrected chi connectivity index (χ0v) is 8.07. The maximum atomic E-state index is 13.4. The quantitative estimate of drug-likeness (QED) is 0.765. The van der Waals surface area contributed by atoms with Crippen molar-refractivity contribution in [2.45, 2.75) is 13.3 Å². The van der Waals surface area contributed by atoms with E-state index >= 15 is 0 Å². The van der Waals surface area contributed by atoms with Gasteiger partial charge in [0.2, 0.25) is 0 Å². The van der Waals surface area contributed by atoms with Crippen LogP contribution in [-0.2, 0) is 11.3 Å². The first kappa shape index (κ1) is 10.4. The highest BCUT2D eigenvalue weighted by atomic mass is 35.5. The van der Waals surface area contributed by atoms with Gasteiger partial charge in [-0.1, -0.05) is 17.7 Å². The fourth-order valence-corrected chi connectivity index (χ4v) is 1.35. The topological polar surface area (TPSA) is 35.2 Å². The Morgan fingerprint density at radius 2 is 2.23 bits per heavy atom. The molecule has 4 heteroatoms. The van der Waals surface area contributed by atoms with Crippen molar-refractivity contribution >= 4 is 11.6 Å². The first-order valence-corrected chi connectivity index (χ1v) is 4.29. The van der Waals surface area contributed by atoms with E-state index in [1.807, 2.05) is 0 Å². The van der Waals surface area contributed by atoms with E-state index in [2.05, 4.69) is 4.84 Å². The first-order valence-electron chi connectivity index (χ1n) is 3.92. The Morgan fingerprint density at radius 1 is 1.54 bits per heavy atom. The Labute approximate surface area is 81.4 Å². The lowest BCUT2D eigenvalue weighted by Crippen LogP contribution is -2.06. The lowest BCUT2D eigenvalue weighted by Gasteiger charge is -2.06. The first-order chi connectivity index (χ1) is 6.16.